The molecule has 0 aliphatic carbocycles. The first-order valence-electron chi connectivity index (χ1n) is 5.33. The fourth-order valence-corrected chi connectivity index (χ4v) is 4.06. The summed E-state index contributed by atoms with van der Waals surface area (Å²) < 4.78 is 24.3. The number of aliphatic hydroxyl groups excluding tert-OH is 1. The van der Waals surface area contributed by atoms with E-state index in [0.29, 0.717) is 18.7 Å². The van der Waals surface area contributed by atoms with Crippen molar-refractivity contribution < 1.29 is 13.5 Å². The highest BCUT2D eigenvalue weighted by Crippen LogP contribution is 2.27. The fraction of sp³-hybridized carbons (Fsp3) is 0.700. The summed E-state index contributed by atoms with van der Waals surface area (Å²) in [5, 5.41) is 9.94. The van der Waals surface area contributed by atoms with Gasteiger partial charge in [-0.2, -0.15) is 0 Å². The molecule has 2 atom stereocenters. The minimum absolute atomic E-state index is 0.0664. The van der Waals surface area contributed by atoms with Gasteiger partial charge in [0.15, 0.2) is 9.84 Å². The van der Waals surface area contributed by atoms with Gasteiger partial charge in [0, 0.05) is 19.4 Å². The lowest BCUT2D eigenvalue weighted by atomic mass is 10.0. The third-order valence-electron chi connectivity index (χ3n) is 3.04. The Morgan fingerprint density at radius 2 is 2.44 bits per heavy atom. The van der Waals surface area contributed by atoms with E-state index in [-0.39, 0.29) is 17.4 Å². The van der Waals surface area contributed by atoms with E-state index in [4.69, 9.17) is 0 Å². The summed E-state index contributed by atoms with van der Waals surface area (Å²) in [4.78, 5) is 4.06. The van der Waals surface area contributed by atoms with Crippen LogP contribution in [0.15, 0.2) is 12.4 Å². The molecule has 1 aliphatic rings. The van der Waals surface area contributed by atoms with Crippen LogP contribution in [0, 0.1) is 5.92 Å². The summed E-state index contributed by atoms with van der Waals surface area (Å²) in [5.74, 6) is 1.13. The topological polar surface area (TPSA) is 72.2 Å². The zero-order valence-corrected chi connectivity index (χ0v) is 10.0. The minimum atomic E-state index is -2.86. The van der Waals surface area contributed by atoms with Crippen LogP contribution < -0.4 is 0 Å². The van der Waals surface area contributed by atoms with Gasteiger partial charge < -0.3 is 9.67 Å². The molecule has 0 bridgehead atoms. The van der Waals surface area contributed by atoms with Gasteiger partial charge in [-0.1, -0.05) is 0 Å². The molecule has 2 heterocycles. The molecule has 5 nitrogen and oxygen atoms in total. The summed E-state index contributed by atoms with van der Waals surface area (Å²) in [6.45, 7) is 0. The molecule has 1 saturated heterocycles. The average molecular weight is 244 g/mol. The van der Waals surface area contributed by atoms with E-state index < -0.39 is 15.9 Å². The normalized spacial score (nSPS) is 25.8. The maximum Gasteiger partial charge on any atom is 0.150 e. The summed E-state index contributed by atoms with van der Waals surface area (Å²) >= 11 is 0. The van der Waals surface area contributed by atoms with Crippen molar-refractivity contribution in [3.05, 3.63) is 18.2 Å². The highest BCUT2D eigenvalue weighted by molar-refractivity contribution is 7.91. The van der Waals surface area contributed by atoms with Gasteiger partial charge in [-0.15, -0.1) is 0 Å². The maximum absolute atomic E-state index is 11.3. The molecule has 0 aromatic carbocycles. The SMILES string of the molecule is Cn1ccnc1C(O)CC1CCS(=O)(=O)C1. The monoisotopic (exact) mass is 244 g/mol. The molecule has 6 heteroatoms. The van der Waals surface area contributed by atoms with Crippen LogP contribution in [0.2, 0.25) is 0 Å². The number of aryl methyl sites for hydroxylation is 1. The van der Waals surface area contributed by atoms with Crippen LogP contribution in [0.4, 0.5) is 0 Å². The molecule has 1 aromatic heterocycles. The number of imidazole rings is 1. The lowest BCUT2D eigenvalue weighted by Gasteiger charge is -2.14. The van der Waals surface area contributed by atoms with Crippen LogP contribution >= 0.6 is 0 Å². The van der Waals surface area contributed by atoms with Gasteiger partial charge in [0.05, 0.1) is 11.5 Å². The van der Waals surface area contributed by atoms with Crippen LogP contribution in [-0.2, 0) is 16.9 Å². The van der Waals surface area contributed by atoms with E-state index in [9.17, 15) is 13.5 Å². The van der Waals surface area contributed by atoms with Crippen molar-refractivity contribution in [1.82, 2.24) is 9.55 Å². The zero-order chi connectivity index (χ0) is 11.8. The van der Waals surface area contributed by atoms with Gasteiger partial charge in [-0.25, -0.2) is 13.4 Å². The Balaban J connectivity index is 1.99. The van der Waals surface area contributed by atoms with Crippen LogP contribution in [0.5, 0.6) is 0 Å². The van der Waals surface area contributed by atoms with Crippen molar-refractivity contribution in [2.24, 2.45) is 13.0 Å². The van der Waals surface area contributed by atoms with Crippen LogP contribution in [0.3, 0.4) is 0 Å². The molecule has 0 radical (unpaired) electrons. The number of nitrogens with zero attached hydrogens (tertiary/aromatic N) is 2. The van der Waals surface area contributed by atoms with E-state index >= 15 is 0 Å². The molecule has 1 aliphatic heterocycles. The molecule has 0 amide bonds. The quantitative estimate of drug-likeness (QED) is 0.829. The van der Waals surface area contributed by atoms with Crippen molar-refractivity contribution in [3.63, 3.8) is 0 Å². The van der Waals surface area contributed by atoms with Gasteiger partial charge in [0.25, 0.3) is 0 Å². The molecule has 2 unspecified atom stereocenters. The van der Waals surface area contributed by atoms with Gasteiger partial charge in [-0.05, 0) is 18.8 Å². The first kappa shape index (κ1) is 11.6. The third kappa shape index (κ3) is 2.44. The predicted octanol–water partition coefficient (Wildman–Crippen LogP) is 0.278. The van der Waals surface area contributed by atoms with Gasteiger partial charge >= 0.3 is 0 Å². The van der Waals surface area contributed by atoms with E-state index in [0.717, 1.165) is 0 Å². The maximum atomic E-state index is 11.3. The Morgan fingerprint density at radius 3 is 2.94 bits per heavy atom. The summed E-state index contributed by atoms with van der Waals surface area (Å²) in [5.41, 5.74) is 0. The van der Waals surface area contributed by atoms with Gasteiger partial charge in [-0.3, -0.25) is 0 Å². The second-order valence-electron chi connectivity index (χ2n) is 4.42. The average Bonchev–Trinajstić information content (AvgIpc) is 2.72. The number of aromatic nitrogens is 2. The molecule has 1 aromatic rings. The highest BCUT2D eigenvalue weighted by Gasteiger charge is 2.30. The number of rotatable bonds is 3. The predicted molar refractivity (Wildman–Crippen MR) is 59.5 cm³/mol. The van der Waals surface area contributed by atoms with Crippen molar-refractivity contribution in [1.29, 1.82) is 0 Å². The first-order chi connectivity index (χ1) is 7.48. The Kier molecular flexibility index (Phi) is 3.03. The second kappa shape index (κ2) is 4.18. The van der Waals surface area contributed by atoms with Crippen molar-refractivity contribution >= 4 is 9.84 Å². The molecule has 2 rings (SSSR count). The molecular formula is C10H16N2O3S. The number of aliphatic hydroxyl groups is 1. The summed E-state index contributed by atoms with van der Waals surface area (Å²) in [6.07, 6.45) is 3.86. The number of hydrogen-bond acceptors (Lipinski definition) is 4. The minimum Gasteiger partial charge on any atom is -0.385 e. The molecule has 16 heavy (non-hydrogen) atoms. The van der Waals surface area contributed by atoms with E-state index in [1.54, 1.807) is 17.0 Å². The smallest absolute Gasteiger partial charge is 0.150 e. The van der Waals surface area contributed by atoms with E-state index in [1.807, 2.05) is 7.05 Å². The zero-order valence-electron chi connectivity index (χ0n) is 9.20. The standard InChI is InChI=1S/C10H16N2O3S/c1-12-4-3-11-10(12)9(13)6-8-2-5-16(14,15)7-8/h3-4,8-9,13H,2,5-7H2,1H3. The summed E-state index contributed by atoms with van der Waals surface area (Å²) in [7, 11) is -1.04. The fourth-order valence-electron chi connectivity index (χ4n) is 2.18. The van der Waals surface area contributed by atoms with Crippen LogP contribution in [0.25, 0.3) is 0 Å². The Hall–Kier alpha value is -0.880. The Morgan fingerprint density at radius 1 is 1.69 bits per heavy atom. The Labute approximate surface area is 95.0 Å². The largest absolute Gasteiger partial charge is 0.385 e. The highest BCUT2D eigenvalue weighted by atomic mass is 32.2. The molecule has 1 N–H and O–H groups in total. The number of sulfone groups is 1. The molecule has 90 valence electrons. The Bertz CT molecular complexity index is 466. The van der Waals surface area contributed by atoms with Crippen molar-refractivity contribution in [3.8, 4) is 0 Å². The van der Waals surface area contributed by atoms with E-state index in [2.05, 4.69) is 4.98 Å². The summed E-state index contributed by atoms with van der Waals surface area (Å²) in [6, 6.07) is 0. The van der Waals surface area contributed by atoms with E-state index in [1.165, 1.54) is 0 Å². The van der Waals surface area contributed by atoms with Crippen molar-refractivity contribution in [2.75, 3.05) is 11.5 Å². The first-order valence-corrected chi connectivity index (χ1v) is 7.16. The van der Waals surface area contributed by atoms with Crippen LogP contribution in [-0.4, -0.2) is 34.6 Å². The lowest BCUT2D eigenvalue weighted by Crippen LogP contribution is -2.12. The lowest BCUT2D eigenvalue weighted by molar-refractivity contribution is 0.136. The van der Waals surface area contributed by atoms with Gasteiger partial charge in [0.2, 0.25) is 0 Å². The van der Waals surface area contributed by atoms with Gasteiger partial charge in [0.1, 0.15) is 11.9 Å². The van der Waals surface area contributed by atoms with Crippen LogP contribution in [0.1, 0.15) is 24.8 Å². The molecular weight excluding hydrogens is 228 g/mol. The molecule has 1 fully saturated rings. The molecule has 0 spiro atoms. The van der Waals surface area contributed by atoms with Crippen molar-refractivity contribution in [2.45, 2.75) is 18.9 Å². The number of hydrogen-bond donors (Lipinski definition) is 1. The third-order valence-corrected chi connectivity index (χ3v) is 4.88. The second-order valence-corrected chi connectivity index (χ2v) is 6.65. The molecule has 0 saturated carbocycles.